The van der Waals surface area contributed by atoms with Crippen LogP contribution in [0.2, 0.25) is 0 Å². The summed E-state index contributed by atoms with van der Waals surface area (Å²) in [6, 6.07) is 3.93. The molecule has 5 heteroatoms. The Labute approximate surface area is 106 Å². The molecule has 2 rings (SSSR count). The van der Waals surface area contributed by atoms with E-state index in [9.17, 15) is 8.78 Å². The monoisotopic (exact) mass is 256 g/mol. The first-order chi connectivity index (χ1) is 8.41. The number of halogens is 2. The fourth-order valence-corrected chi connectivity index (χ4v) is 2.30. The second-order valence-electron chi connectivity index (χ2n) is 5.21. The lowest BCUT2D eigenvalue weighted by Crippen LogP contribution is -2.55. The molecule has 1 heterocycles. The molecule has 0 aromatic heterocycles. The SMILES string of the molecule is CC1(C)CN(c2ccc(F)c(F)c2)CC(CN)O1. The van der Waals surface area contributed by atoms with Gasteiger partial charge >= 0.3 is 0 Å². The van der Waals surface area contributed by atoms with Crippen LogP contribution in [-0.4, -0.2) is 31.3 Å². The van der Waals surface area contributed by atoms with Crippen molar-refractivity contribution in [2.24, 2.45) is 5.73 Å². The third kappa shape index (κ3) is 2.79. The van der Waals surface area contributed by atoms with E-state index in [2.05, 4.69) is 0 Å². The molecule has 0 amide bonds. The van der Waals surface area contributed by atoms with Gasteiger partial charge in [0, 0.05) is 31.4 Å². The van der Waals surface area contributed by atoms with Crippen LogP contribution in [0.25, 0.3) is 0 Å². The number of hydrogen-bond donors (Lipinski definition) is 1. The molecule has 1 aliphatic rings. The first kappa shape index (κ1) is 13.2. The van der Waals surface area contributed by atoms with Crippen molar-refractivity contribution < 1.29 is 13.5 Å². The molecule has 1 saturated heterocycles. The number of morpholine rings is 1. The second-order valence-corrected chi connectivity index (χ2v) is 5.21. The average Bonchev–Trinajstić information content (AvgIpc) is 2.30. The molecule has 1 unspecified atom stereocenters. The lowest BCUT2D eigenvalue weighted by Gasteiger charge is -2.43. The number of nitrogens with zero attached hydrogens (tertiary/aromatic N) is 1. The van der Waals surface area contributed by atoms with Gasteiger partial charge in [-0.1, -0.05) is 0 Å². The predicted molar refractivity (Wildman–Crippen MR) is 66.6 cm³/mol. The molecule has 0 radical (unpaired) electrons. The molecule has 1 aromatic carbocycles. The van der Waals surface area contributed by atoms with Crippen molar-refractivity contribution in [2.45, 2.75) is 25.6 Å². The van der Waals surface area contributed by atoms with Crippen molar-refractivity contribution in [1.82, 2.24) is 0 Å². The highest BCUT2D eigenvalue weighted by Crippen LogP contribution is 2.26. The summed E-state index contributed by atoms with van der Waals surface area (Å²) < 4.78 is 32.0. The Morgan fingerprint density at radius 2 is 2.11 bits per heavy atom. The highest BCUT2D eigenvalue weighted by molar-refractivity contribution is 5.47. The van der Waals surface area contributed by atoms with Crippen molar-refractivity contribution >= 4 is 5.69 Å². The molecule has 3 nitrogen and oxygen atoms in total. The second kappa shape index (κ2) is 4.82. The molecule has 2 N–H and O–H groups in total. The lowest BCUT2D eigenvalue weighted by molar-refractivity contribution is -0.0788. The van der Waals surface area contributed by atoms with Gasteiger partial charge < -0.3 is 15.4 Å². The molecule has 100 valence electrons. The average molecular weight is 256 g/mol. The van der Waals surface area contributed by atoms with E-state index in [1.807, 2.05) is 18.7 Å². The van der Waals surface area contributed by atoms with Crippen LogP contribution < -0.4 is 10.6 Å². The van der Waals surface area contributed by atoms with Crippen LogP contribution in [0.4, 0.5) is 14.5 Å². The van der Waals surface area contributed by atoms with Crippen LogP contribution >= 0.6 is 0 Å². The molecule has 0 spiro atoms. The van der Waals surface area contributed by atoms with Crippen LogP contribution in [-0.2, 0) is 4.74 Å². The van der Waals surface area contributed by atoms with Gasteiger partial charge in [0.15, 0.2) is 11.6 Å². The van der Waals surface area contributed by atoms with Crippen LogP contribution in [0.1, 0.15) is 13.8 Å². The summed E-state index contributed by atoms with van der Waals surface area (Å²) in [5.41, 5.74) is 5.94. The Bertz CT molecular complexity index is 437. The van der Waals surface area contributed by atoms with Gasteiger partial charge in [-0.05, 0) is 26.0 Å². The highest BCUT2D eigenvalue weighted by atomic mass is 19.2. The zero-order chi connectivity index (χ0) is 13.3. The Morgan fingerprint density at radius 3 is 2.72 bits per heavy atom. The van der Waals surface area contributed by atoms with E-state index in [0.29, 0.717) is 25.3 Å². The standard InChI is InChI=1S/C13H18F2N2O/c1-13(2)8-17(7-10(6-16)18-13)9-3-4-11(14)12(15)5-9/h3-5,10H,6-8,16H2,1-2H3. The van der Waals surface area contributed by atoms with Crippen molar-refractivity contribution in [3.05, 3.63) is 29.8 Å². The van der Waals surface area contributed by atoms with Gasteiger partial charge in [-0.3, -0.25) is 0 Å². The Morgan fingerprint density at radius 1 is 1.39 bits per heavy atom. The van der Waals surface area contributed by atoms with Crippen molar-refractivity contribution in [1.29, 1.82) is 0 Å². The molecule has 18 heavy (non-hydrogen) atoms. The zero-order valence-electron chi connectivity index (χ0n) is 10.6. The predicted octanol–water partition coefficient (Wildman–Crippen LogP) is 1.91. The smallest absolute Gasteiger partial charge is 0.160 e. The lowest BCUT2D eigenvalue weighted by atomic mass is 10.0. The summed E-state index contributed by atoms with van der Waals surface area (Å²) in [5, 5.41) is 0. The molecular weight excluding hydrogens is 238 g/mol. The summed E-state index contributed by atoms with van der Waals surface area (Å²) in [5.74, 6) is -1.66. The summed E-state index contributed by atoms with van der Waals surface area (Å²) in [6.07, 6.45) is -0.0955. The van der Waals surface area contributed by atoms with Crippen molar-refractivity contribution in [3.8, 4) is 0 Å². The van der Waals surface area contributed by atoms with E-state index in [1.165, 1.54) is 6.07 Å². The third-order valence-corrected chi connectivity index (χ3v) is 3.01. The maximum Gasteiger partial charge on any atom is 0.160 e. The van der Waals surface area contributed by atoms with E-state index in [4.69, 9.17) is 10.5 Å². The molecule has 0 saturated carbocycles. The molecule has 0 bridgehead atoms. The summed E-state index contributed by atoms with van der Waals surface area (Å²) >= 11 is 0. The maximum absolute atomic E-state index is 13.2. The van der Waals surface area contributed by atoms with Crippen molar-refractivity contribution in [2.75, 3.05) is 24.5 Å². The first-order valence-electron chi connectivity index (χ1n) is 5.99. The minimum absolute atomic E-state index is 0.0955. The molecule has 1 atom stereocenters. The summed E-state index contributed by atoms with van der Waals surface area (Å²) in [4.78, 5) is 1.98. The van der Waals surface area contributed by atoms with E-state index in [1.54, 1.807) is 6.07 Å². The fraction of sp³-hybridized carbons (Fsp3) is 0.538. The quantitative estimate of drug-likeness (QED) is 0.878. The van der Waals surface area contributed by atoms with Gasteiger partial charge in [-0.25, -0.2) is 8.78 Å². The Hall–Kier alpha value is -1.20. The molecule has 1 fully saturated rings. The normalized spacial score (nSPS) is 23.2. The van der Waals surface area contributed by atoms with E-state index < -0.39 is 11.6 Å². The fourth-order valence-electron chi connectivity index (χ4n) is 2.30. The third-order valence-electron chi connectivity index (χ3n) is 3.01. The molecular formula is C13H18F2N2O. The topological polar surface area (TPSA) is 38.5 Å². The van der Waals surface area contributed by atoms with Gasteiger partial charge in [-0.2, -0.15) is 0 Å². The zero-order valence-corrected chi connectivity index (χ0v) is 10.6. The minimum atomic E-state index is -0.832. The number of anilines is 1. The van der Waals surface area contributed by atoms with Crippen LogP contribution in [0.3, 0.4) is 0 Å². The van der Waals surface area contributed by atoms with Crippen LogP contribution in [0, 0.1) is 11.6 Å². The number of rotatable bonds is 2. The molecule has 1 aromatic rings. The van der Waals surface area contributed by atoms with E-state index in [0.717, 1.165) is 6.07 Å². The number of ether oxygens (including phenoxy) is 1. The van der Waals surface area contributed by atoms with Gasteiger partial charge in [0.1, 0.15) is 0 Å². The van der Waals surface area contributed by atoms with E-state index in [-0.39, 0.29) is 11.7 Å². The van der Waals surface area contributed by atoms with Gasteiger partial charge in [-0.15, -0.1) is 0 Å². The largest absolute Gasteiger partial charge is 0.367 e. The van der Waals surface area contributed by atoms with Gasteiger partial charge in [0.05, 0.1) is 11.7 Å². The van der Waals surface area contributed by atoms with E-state index >= 15 is 0 Å². The Kier molecular flexibility index (Phi) is 3.54. The molecule has 1 aliphatic heterocycles. The Balaban J connectivity index is 2.23. The highest BCUT2D eigenvalue weighted by Gasteiger charge is 2.33. The van der Waals surface area contributed by atoms with Crippen LogP contribution in [0.15, 0.2) is 18.2 Å². The minimum Gasteiger partial charge on any atom is -0.367 e. The van der Waals surface area contributed by atoms with Crippen LogP contribution in [0.5, 0.6) is 0 Å². The number of nitrogens with two attached hydrogens (primary N) is 1. The molecule has 0 aliphatic carbocycles. The number of hydrogen-bond acceptors (Lipinski definition) is 3. The van der Waals surface area contributed by atoms with Gasteiger partial charge in [0.2, 0.25) is 0 Å². The number of benzene rings is 1. The first-order valence-corrected chi connectivity index (χ1v) is 5.99. The van der Waals surface area contributed by atoms with Gasteiger partial charge in [0.25, 0.3) is 0 Å². The summed E-state index contributed by atoms with van der Waals surface area (Å²) in [6.45, 7) is 5.53. The van der Waals surface area contributed by atoms with Crippen molar-refractivity contribution in [3.63, 3.8) is 0 Å². The maximum atomic E-state index is 13.2. The summed E-state index contributed by atoms with van der Waals surface area (Å²) in [7, 11) is 0.